The third-order valence-corrected chi connectivity index (χ3v) is 1.61. The van der Waals surface area contributed by atoms with E-state index in [4.69, 9.17) is 0 Å². The highest BCUT2D eigenvalue weighted by molar-refractivity contribution is 9.09. The predicted octanol–water partition coefficient (Wildman–Crippen LogP) is 1.94. The second-order valence-electron chi connectivity index (χ2n) is 2.08. The topological polar surface area (TPSA) is 12.0 Å². The molecule has 1 N–H and O–H groups in total. The zero-order chi connectivity index (χ0) is 7.11. The van der Waals surface area contributed by atoms with Gasteiger partial charge in [-0.25, -0.2) is 0 Å². The molecule has 0 radical (unpaired) electrons. The van der Waals surface area contributed by atoms with E-state index >= 15 is 0 Å². The van der Waals surface area contributed by atoms with E-state index in [-0.39, 0.29) is 0 Å². The highest BCUT2D eigenvalue weighted by atomic mass is 79.9. The summed E-state index contributed by atoms with van der Waals surface area (Å²) in [6, 6.07) is 0.599. The van der Waals surface area contributed by atoms with E-state index in [0.717, 1.165) is 11.9 Å². The van der Waals surface area contributed by atoms with Crippen LogP contribution < -0.4 is 5.32 Å². The molecule has 0 saturated carbocycles. The van der Waals surface area contributed by atoms with Crippen molar-refractivity contribution in [2.75, 3.05) is 11.9 Å². The molecule has 0 heterocycles. The van der Waals surface area contributed by atoms with Gasteiger partial charge in [0.15, 0.2) is 0 Å². The summed E-state index contributed by atoms with van der Waals surface area (Å²) in [5, 5.41) is 4.35. The zero-order valence-corrected chi connectivity index (χ0v) is 7.45. The molecule has 0 aliphatic carbocycles. The second kappa shape index (κ2) is 6.30. The molecule has 2 heteroatoms. The Hall–Kier alpha value is 0.180. The lowest BCUT2D eigenvalue weighted by molar-refractivity contribution is 0.573. The van der Waals surface area contributed by atoms with E-state index in [1.165, 1.54) is 6.42 Å². The van der Waals surface area contributed by atoms with Gasteiger partial charge in [0.25, 0.3) is 0 Å². The molecule has 0 aliphatic rings. The number of rotatable bonds is 5. The number of alkyl halides is 1. The minimum Gasteiger partial charge on any atom is -0.311 e. The molecule has 0 aliphatic heterocycles. The first kappa shape index (κ1) is 9.18. The summed E-state index contributed by atoms with van der Waals surface area (Å²) in [6.45, 7) is 6.70. The first-order valence-corrected chi connectivity index (χ1v) is 4.33. The average molecular weight is 192 g/mol. The summed E-state index contributed by atoms with van der Waals surface area (Å²) in [4.78, 5) is 0. The highest BCUT2D eigenvalue weighted by Gasteiger charge is 1.95. The van der Waals surface area contributed by atoms with Gasteiger partial charge in [0, 0.05) is 17.9 Å². The summed E-state index contributed by atoms with van der Waals surface area (Å²) in [7, 11) is 0. The van der Waals surface area contributed by atoms with Crippen molar-refractivity contribution >= 4 is 15.9 Å². The lowest BCUT2D eigenvalue weighted by Gasteiger charge is -2.08. The first-order valence-electron chi connectivity index (χ1n) is 3.21. The summed E-state index contributed by atoms with van der Waals surface area (Å²) >= 11 is 3.38. The summed E-state index contributed by atoms with van der Waals surface area (Å²) < 4.78 is 0. The smallest absolute Gasteiger partial charge is 0.0134 e. The van der Waals surface area contributed by atoms with Gasteiger partial charge in [0.1, 0.15) is 0 Å². The molecule has 0 aromatic heterocycles. The van der Waals surface area contributed by atoms with Crippen molar-refractivity contribution in [1.82, 2.24) is 5.32 Å². The van der Waals surface area contributed by atoms with Crippen molar-refractivity contribution in [1.29, 1.82) is 0 Å². The van der Waals surface area contributed by atoms with Crippen LogP contribution in [0.2, 0.25) is 0 Å². The molecule has 1 nitrogen and oxygen atoms in total. The number of hydrogen-bond acceptors (Lipinski definition) is 1. The minimum atomic E-state index is 0.599. The lowest BCUT2D eigenvalue weighted by atomic mass is 10.3. The van der Waals surface area contributed by atoms with E-state index in [2.05, 4.69) is 34.7 Å². The van der Waals surface area contributed by atoms with Gasteiger partial charge in [-0.2, -0.15) is 0 Å². The van der Waals surface area contributed by atoms with Crippen LogP contribution in [0.4, 0.5) is 0 Å². The Morgan fingerprint density at radius 3 is 2.89 bits per heavy atom. The van der Waals surface area contributed by atoms with Crippen LogP contribution in [0.15, 0.2) is 12.7 Å². The predicted molar refractivity (Wildman–Crippen MR) is 46.1 cm³/mol. The molecule has 1 unspecified atom stereocenters. The van der Waals surface area contributed by atoms with Crippen molar-refractivity contribution < 1.29 is 0 Å². The second-order valence-corrected chi connectivity index (χ2v) is 2.87. The summed E-state index contributed by atoms with van der Waals surface area (Å²) in [5.41, 5.74) is 0. The van der Waals surface area contributed by atoms with Crippen LogP contribution in [0.1, 0.15) is 13.3 Å². The summed E-state index contributed by atoms with van der Waals surface area (Å²) in [6.07, 6.45) is 3.05. The van der Waals surface area contributed by atoms with Gasteiger partial charge in [-0.05, 0) is 13.3 Å². The van der Waals surface area contributed by atoms with Gasteiger partial charge >= 0.3 is 0 Å². The molecule has 0 saturated heterocycles. The highest BCUT2D eigenvalue weighted by Crippen LogP contribution is 1.93. The van der Waals surface area contributed by atoms with Crippen LogP contribution in [0.25, 0.3) is 0 Å². The van der Waals surface area contributed by atoms with Gasteiger partial charge in [-0.3, -0.25) is 0 Å². The Kier molecular flexibility index (Phi) is 6.43. The molecule has 0 amide bonds. The molecule has 1 atom stereocenters. The molecule has 0 rings (SSSR count). The van der Waals surface area contributed by atoms with Crippen molar-refractivity contribution in [3.05, 3.63) is 12.7 Å². The molecular weight excluding hydrogens is 178 g/mol. The van der Waals surface area contributed by atoms with Crippen molar-refractivity contribution in [3.8, 4) is 0 Å². The molecule has 9 heavy (non-hydrogen) atoms. The van der Waals surface area contributed by atoms with Gasteiger partial charge in [-0.1, -0.05) is 22.0 Å². The molecule has 0 bridgehead atoms. The van der Waals surface area contributed by atoms with E-state index in [1.807, 2.05) is 6.08 Å². The number of halogens is 1. The minimum absolute atomic E-state index is 0.599. The average Bonchev–Trinajstić information content (AvgIpc) is 1.85. The van der Waals surface area contributed by atoms with Gasteiger partial charge < -0.3 is 5.32 Å². The number of nitrogens with one attached hydrogen (secondary N) is 1. The van der Waals surface area contributed by atoms with Gasteiger partial charge in [-0.15, -0.1) is 6.58 Å². The Morgan fingerprint density at radius 1 is 1.78 bits per heavy atom. The standard InChI is InChI=1S/C7H14BrN/c1-3-6-9-7(2)4-5-8/h3,7,9H,1,4-6H2,2H3. The fourth-order valence-electron chi connectivity index (χ4n) is 0.550. The van der Waals surface area contributed by atoms with E-state index in [9.17, 15) is 0 Å². The van der Waals surface area contributed by atoms with Crippen LogP contribution in [-0.4, -0.2) is 17.9 Å². The summed E-state index contributed by atoms with van der Waals surface area (Å²) in [5.74, 6) is 0. The molecule has 0 fully saturated rings. The van der Waals surface area contributed by atoms with Gasteiger partial charge in [0.05, 0.1) is 0 Å². The Bertz CT molecular complexity index is 73.3. The molecule has 0 spiro atoms. The van der Waals surface area contributed by atoms with Crippen LogP contribution in [0.5, 0.6) is 0 Å². The lowest BCUT2D eigenvalue weighted by Crippen LogP contribution is -2.26. The zero-order valence-electron chi connectivity index (χ0n) is 5.86. The van der Waals surface area contributed by atoms with Gasteiger partial charge in [0.2, 0.25) is 0 Å². The Labute approximate surface area is 65.7 Å². The fourth-order valence-corrected chi connectivity index (χ4v) is 1.24. The third-order valence-electron chi connectivity index (χ3n) is 1.15. The van der Waals surface area contributed by atoms with E-state index < -0.39 is 0 Å². The Morgan fingerprint density at radius 2 is 2.44 bits per heavy atom. The maximum atomic E-state index is 3.62. The van der Waals surface area contributed by atoms with Crippen LogP contribution in [-0.2, 0) is 0 Å². The van der Waals surface area contributed by atoms with Crippen molar-refractivity contribution in [2.24, 2.45) is 0 Å². The molecule has 54 valence electrons. The Balaban J connectivity index is 3.04. The third kappa shape index (κ3) is 6.06. The number of hydrogen-bond donors (Lipinski definition) is 1. The SMILES string of the molecule is C=CCNC(C)CCBr. The first-order chi connectivity index (χ1) is 4.31. The van der Waals surface area contributed by atoms with E-state index in [0.29, 0.717) is 6.04 Å². The molecule has 0 aromatic carbocycles. The quantitative estimate of drug-likeness (QED) is 0.518. The van der Waals surface area contributed by atoms with Crippen molar-refractivity contribution in [3.63, 3.8) is 0 Å². The van der Waals surface area contributed by atoms with Crippen molar-refractivity contribution in [2.45, 2.75) is 19.4 Å². The molecular formula is C7H14BrN. The largest absolute Gasteiger partial charge is 0.311 e. The fraction of sp³-hybridized carbons (Fsp3) is 0.714. The maximum Gasteiger partial charge on any atom is 0.0134 e. The normalized spacial score (nSPS) is 13.1. The maximum absolute atomic E-state index is 3.62. The van der Waals surface area contributed by atoms with Crippen LogP contribution in [0.3, 0.4) is 0 Å². The van der Waals surface area contributed by atoms with Crippen LogP contribution in [0, 0.1) is 0 Å². The van der Waals surface area contributed by atoms with E-state index in [1.54, 1.807) is 0 Å². The molecule has 0 aromatic rings. The monoisotopic (exact) mass is 191 g/mol. The van der Waals surface area contributed by atoms with Crippen LogP contribution >= 0.6 is 15.9 Å².